The molecular formula is C15H10NPt-. The van der Waals surface area contributed by atoms with Crippen LogP contribution in [0.15, 0.2) is 60.8 Å². The molecule has 1 aromatic heterocycles. The Morgan fingerprint density at radius 2 is 1.65 bits per heavy atom. The molecule has 17 heavy (non-hydrogen) atoms. The quantitative estimate of drug-likeness (QED) is 0.569. The van der Waals surface area contributed by atoms with Crippen LogP contribution in [-0.4, -0.2) is 4.98 Å². The van der Waals surface area contributed by atoms with Crippen LogP contribution in [0.25, 0.3) is 22.0 Å². The van der Waals surface area contributed by atoms with Crippen LogP contribution in [-0.2, 0) is 21.1 Å². The summed E-state index contributed by atoms with van der Waals surface area (Å²) in [5.74, 6) is 0. The fourth-order valence-corrected chi connectivity index (χ4v) is 1.80. The van der Waals surface area contributed by atoms with Gasteiger partial charge in [-0.1, -0.05) is 41.8 Å². The zero-order valence-electron chi connectivity index (χ0n) is 9.04. The minimum atomic E-state index is 0. The Morgan fingerprint density at radius 1 is 0.882 bits per heavy atom. The average Bonchev–Trinajstić information content (AvgIpc) is 2.39. The zero-order valence-corrected chi connectivity index (χ0v) is 11.3. The van der Waals surface area contributed by atoms with E-state index < -0.39 is 0 Å². The van der Waals surface area contributed by atoms with Gasteiger partial charge in [-0.25, -0.2) is 0 Å². The van der Waals surface area contributed by atoms with Crippen molar-refractivity contribution >= 4 is 10.8 Å². The van der Waals surface area contributed by atoms with E-state index in [2.05, 4.69) is 29.2 Å². The SMILES string of the molecule is [Pt].[c-]1cc2ccccc2cc1-c1ccccn1. The van der Waals surface area contributed by atoms with Gasteiger partial charge in [0.1, 0.15) is 0 Å². The predicted octanol–water partition coefficient (Wildman–Crippen LogP) is 3.70. The van der Waals surface area contributed by atoms with Gasteiger partial charge in [-0.15, -0.1) is 29.1 Å². The van der Waals surface area contributed by atoms with Crippen LogP contribution in [0.5, 0.6) is 0 Å². The fraction of sp³-hybridized carbons (Fsp3) is 0. The predicted molar refractivity (Wildman–Crippen MR) is 66.0 cm³/mol. The molecule has 0 fully saturated rings. The molecule has 3 rings (SSSR count). The van der Waals surface area contributed by atoms with Gasteiger partial charge in [0.15, 0.2) is 0 Å². The van der Waals surface area contributed by atoms with E-state index in [1.165, 1.54) is 10.8 Å². The fourth-order valence-electron chi connectivity index (χ4n) is 1.80. The molecule has 0 radical (unpaired) electrons. The summed E-state index contributed by atoms with van der Waals surface area (Å²) in [5.41, 5.74) is 2.01. The van der Waals surface area contributed by atoms with Gasteiger partial charge in [0.05, 0.1) is 0 Å². The maximum Gasteiger partial charge on any atom is 0.0160 e. The van der Waals surface area contributed by atoms with Gasteiger partial charge in [-0.05, 0) is 11.8 Å². The van der Waals surface area contributed by atoms with Gasteiger partial charge in [0, 0.05) is 27.3 Å². The molecule has 0 atom stereocenters. The van der Waals surface area contributed by atoms with E-state index in [-0.39, 0.29) is 21.1 Å². The molecule has 2 aromatic carbocycles. The van der Waals surface area contributed by atoms with E-state index in [0.717, 1.165) is 11.3 Å². The monoisotopic (exact) mass is 399 g/mol. The van der Waals surface area contributed by atoms with Crippen molar-refractivity contribution < 1.29 is 21.1 Å². The number of benzene rings is 2. The smallest absolute Gasteiger partial charge is 0.0160 e. The van der Waals surface area contributed by atoms with Crippen molar-refractivity contribution in [3.63, 3.8) is 0 Å². The summed E-state index contributed by atoms with van der Waals surface area (Å²) in [4.78, 5) is 4.32. The maximum absolute atomic E-state index is 4.32. The van der Waals surface area contributed by atoms with E-state index in [1.54, 1.807) is 6.20 Å². The molecule has 0 unspecified atom stereocenters. The maximum atomic E-state index is 4.32. The van der Waals surface area contributed by atoms with Crippen LogP contribution in [0.3, 0.4) is 0 Å². The largest absolute Gasteiger partial charge is 0.305 e. The average molecular weight is 399 g/mol. The van der Waals surface area contributed by atoms with E-state index in [1.807, 2.05) is 36.4 Å². The summed E-state index contributed by atoms with van der Waals surface area (Å²) < 4.78 is 0. The summed E-state index contributed by atoms with van der Waals surface area (Å²) in [7, 11) is 0. The van der Waals surface area contributed by atoms with Crippen LogP contribution < -0.4 is 0 Å². The molecule has 86 valence electrons. The Kier molecular flexibility index (Phi) is 3.71. The van der Waals surface area contributed by atoms with E-state index >= 15 is 0 Å². The Labute approximate surface area is 115 Å². The molecule has 0 spiro atoms. The van der Waals surface area contributed by atoms with Crippen molar-refractivity contribution in [3.8, 4) is 11.3 Å². The third kappa shape index (κ3) is 2.45. The second-order valence-corrected chi connectivity index (χ2v) is 3.69. The first-order valence-corrected chi connectivity index (χ1v) is 5.25. The molecule has 0 aliphatic heterocycles. The Morgan fingerprint density at radius 3 is 2.41 bits per heavy atom. The van der Waals surface area contributed by atoms with Crippen molar-refractivity contribution in [3.05, 3.63) is 66.9 Å². The Bertz CT molecular complexity index is 620. The van der Waals surface area contributed by atoms with Crippen molar-refractivity contribution in [2.24, 2.45) is 0 Å². The van der Waals surface area contributed by atoms with Crippen LogP contribution >= 0.6 is 0 Å². The van der Waals surface area contributed by atoms with E-state index in [0.29, 0.717) is 0 Å². The summed E-state index contributed by atoms with van der Waals surface area (Å²) in [5, 5.41) is 2.43. The molecule has 0 saturated heterocycles. The van der Waals surface area contributed by atoms with Crippen LogP contribution in [0, 0.1) is 6.07 Å². The summed E-state index contributed by atoms with van der Waals surface area (Å²) in [6, 6.07) is 21.6. The second kappa shape index (κ2) is 5.25. The number of nitrogens with zero attached hydrogens (tertiary/aromatic N) is 1. The zero-order chi connectivity index (χ0) is 10.8. The Balaban J connectivity index is 0.00000108. The second-order valence-electron chi connectivity index (χ2n) is 3.69. The number of hydrogen-bond donors (Lipinski definition) is 0. The molecule has 2 heteroatoms. The van der Waals surface area contributed by atoms with Crippen LogP contribution in [0.4, 0.5) is 0 Å². The molecule has 0 bridgehead atoms. The topological polar surface area (TPSA) is 12.9 Å². The number of aromatic nitrogens is 1. The molecule has 1 heterocycles. The van der Waals surface area contributed by atoms with Gasteiger partial charge in [-0.3, -0.25) is 0 Å². The van der Waals surface area contributed by atoms with Crippen molar-refractivity contribution in [2.45, 2.75) is 0 Å². The van der Waals surface area contributed by atoms with Gasteiger partial charge < -0.3 is 4.98 Å². The number of rotatable bonds is 1. The van der Waals surface area contributed by atoms with Gasteiger partial charge in [-0.2, -0.15) is 0 Å². The van der Waals surface area contributed by atoms with E-state index in [9.17, 15) is 0 Å². The first-order valence-electron chi connectivity index (χ1n) is 5.25. The first kappa shape index (κ1) is 12.0. The van der Waals surface area contributed by atoms with Crippen LogP contribution in [0.1, 0.15) is 0 Å². The number of hydrogen-bond acceptors (Lipinski definition) is 1. The summed E-state index contributed by atoms with van der Waals surface area (Å²) in [6.45, 7) is 0. The summed E-state index contributed by atoms with van der Waals surface area (Å²) >= 11 is 0. The molecule has 0 N–H and O–H groups in total. The molecule has 1 nitrogen and oxygen atoms in total. The molecule has 3 aromatic rings. The third-order valence-electron chi connectivity index (χ3n) is 2.62. The molecule has 0 amide bonds. The standard InChI is InChI=1S/C15H10N.Pt/c1-2-6-13-11-14(9-8-12(13)5-1)15-7-3-4-10-16-15;/h1-8,10-11H;/q-1;. The van der Waals surface area contributed by atoms with E-state index in [4.69, 9.17) is 0 Å². The van der Waals surface area contributed by atoms with Crippen LogP contribution in [0.2, 0.25) is 0 Å². The minimum absolute atomic E-state index is 0. The molecule has 0 saturated carbocycles. The summed E-state index contributed by atoms with van der Waals surface area (Å²) in [6.07, 6.45) is 1.80. The third-order valence-corrected chi connectivity index (χ3v) is 2.62. The number of fused-ring (bicyclic) bond motifs is 1. The Hall–Kier alpha value is -1.46. The van der Waals surface area contributed by atoms with Crippen molar-refractivity contribution in [1.82, 2.24) is 4.98 Å². The molecular weight excluding hydrogens is 389 g/mol. The molecule has 0 aliphatic rings. The normalized spacial score (nSPS) is 9.88. The van der Waals surface area contributed by atoms with Gasteiger partial charge in [0.2, 0.25) is 0 Å². The van der Waals surface area contributed by atoms with Crippen molar-refractivity contribution in [2.75, 3.05) is 0 Å². The van der Waals surface area contributed by atoms with Gasteiger partial charge >= 0.3 is 0 Å². The van der Waals surface area contributed by atoms with Gasteiger partial charge in [0.25, 0.3) is 0 Å². The molecule has 0 aliphatic carbocycles. The minimum Gasteiger partial charge on any atom is -0.305 e. The number of pyridine rings is 1. The first-order chi connectivity index (χ1) is 7.93. The van der Waals surface area contributed by atoms with Crippen molar-refractivity contribution in [1.29, 1.82) is 0 Å².